The van der Waals surface area contributed by atoms with Crippen LogP contribution in [0.3, 0.4) is 0 Å². The van der Waals surface area contributed by atoms with Crippen LogP contribution in [0.1, 0.15) is 28.7 Å². The maximum atomic E-state index is 12.9. The van der Waals surface area contributed by atoms with Gasteiger partial charge in [0.1, 0.15) is 17.1 Å². The highest BCUT2D eigenvalue weighted by Crippen LogP contribution is 2.37. The first kappa shape index (κ1) is 17.7. The van der Waals surface area contributed by atoms with Crippen molar-refractivity contribution in [2.24, 2.45) is 0 Å². The highest BCUT2D eigenvalue weighted by molar-refractivity contribution is 6.16. The van der Waals surface area contributed by atoms with Gasteiger partial charge in [0.15, 0.2) is 0 Å². The Balaban J connectivity index is 1.80. The molecule has 0 saturated heterocycles. The first-order valence-corrected chi connectivity index (χ1v) is 8.86. The summed E-state index contributed by atoms with van der Waals surface area (Å²) in [7, 11) is 0. The van der Waals surface area contributed by atoms with Gasteiger partial charge in [-0.2, -0.15) is 0 Å². The number of pyridine rings is 1. The number of rotatable bonds is 4. The van der Waals surface area contributed by atoms with Crippen molar-refractivity contribution in [1.82, 2.24) is 10.3 Å². The molecule has 0 aliphatic carbocycles. The second-order valence-corrected chi connectivity index (χ2v) is 6.43. The average molecular weight is 374 g/mol. The standard InChI is InChI=1S/C22H18N2O4/c1-13-20(22(26)24-12-15-7-5-6-10-23-15)18-11-19(28-14(2)25)16-8-3-4-9-17(16)21(18)27-13/h3-11H,12H2,1-2H3,(H,24,26). The van der Waals surface area contributed by atoms with Crippen LogP contribution in [-0.2, 0) is 11.3 Å². The molecular formula is C22H18N2O4. The lowest BCUT2D eigenvalue weighted by Crippen LogP contribution is -2.23. The molecule has 2 aromatic carbocycles. The van der Waals surface area contributed by atoms with Crippen LogP contribution in [0.25, 0.3) is 21.7 Å². The number of esters is 1. The topological polar surface area (TPSA) is 81.4 Å². The van der Waals surface area contributed by atoms with Gasteiger partial charge in [-0.05, 0) is 25.1 Å². The summed E-state index contributed by atoms with van der Waals surface area (Å²) in [5, 5.41) is 5.01. The van der Waals surface area contributed by atoms with Crippen molar-refractivity contribution >= 4 is 33.6 Å². The minimum Gasteiger partial charge on any atom is -0.460 e. The number of benzene rings is 2. The van der Waals surface area contributed by atoms with Crippen molar-refractivity contribution in [3.05, 3.63) is 71.7 Å². The molecular weight excluding hydrogens is 356 g/mol. The molecule has 4 rings (SSSR count). The van der Waals surface area contributed by atoms with Crippen LogP contribution < -0.4 is 10.1 Å². The summed E-state index contributed by atoms with van der Waals surface area (Å²) < 4.78 is 11.3. The number of aryl methyl sites for hydroxylation is 1. The second-order valence-electron chi connectivity index (χ2n) is 6.43. The van der Waals surface area contributed by atoms with Crippen molar-refractivity contribution in [1.29, 1.82) is 0 Å². The summed E-state index contributed by atoms with van der Waals surface area (Å²) in [6.07, 6.45) is 1.68. The van der Waals surface area contributed by atoms with E-state index in [9.17, 15) is 9.59 Å². The van der Waals surface area contributed by atoms with Gasteiger partial charge in [0, 0.05) is 29.3 Å². The van der Waals surface area contributed by atoms with E-state index >= 15 is 0 Å². The van der Waals surface area contributed by atoms with Crippen LogP contribution in [0, 0.1) is 6.92 Å². The number of ether oxygens (including phenoxy) is 1. The number of furan rings is 1. The zero-order chi connectivity index (χ0) is 19.7. The molecule has 0 spiro atoms. The van der Waals surface area contributed by atoms with Crippen LogP contribution in [0.2, 0.25) is 0 Å². The molecule has 0 aliphatic heterocycles. The quantitative estimate of drug-likeness (QED) is 0.429. The Morgan fingerprint density at radius 2 is 1.82 bits per heavy atom. The predicted octanol–water partition coefficient (Wildman–Crippen LogP) is 4.14. The third-order valence-electron chi connectivity index (χ3n) is 4.47. The Hall–Kier alpha value is -3.67. The summed E-state index contributed by atoms with van der Waals surface area (Å²) in [6, 6.07) is 14.7. The van der Waals surface area contributed by atoms with E-state index in [1.807, 2.05) is 42.5 Å². The van der Waals surface area contributed by atoms with Crippen molar-refractivity contribution in [2.75, 3.05) is 0 Å². The van der Waals surface area contributed by atoms with Gasteiger partial charge < -0.3 is 14.5 Å². The number of amides is 1. The van der Waals surface area contributed by atoms with Crippen LogP contribution in [0.5, 0.6) is 5.75 Å². The number of carbonyl (C=O) groups is 2. The molecule has 2 heterocycles. The average Bonchev–Trinajstić information content (AvgIpc) is 3.03. The van der Waals surface area contributed by atoms with Crippen LogP contribution in [0.15, 0.2) is 59.1 Å². The third-order valence-corrected chi connectivity index (χ3v) is 4.47. The van der Waals surface area contributed by atoms with Crippen LogP contribution in [-0.4, -0.2) is 16.9 Å². The van der Waals surface area contributed by atoms with Gasteiger partial charge in [0.2, 0.25) is 0 Å². The van der Waals surface area contributed by atoms with Gasteiger partial charge in [0.25, 0.3) is 5.91 Å². The minimum atomic E-state index is -0.425. The van der Waals surface area contributed by atoms with E-state index in [0.29, 0.717) is 34.6 Å². The predicted molar refractivity (Wildman–Crippen MR) is 105 cm³/mol. The molecule has 0 aliphatic rings. The van der Waals surface area contributed by atoms with Gasteiger partial charge in [-0.25, -0.2) is 0 Å². The Bertz CT molecular complexity index is 1200. The second kappa shape index (κ2) is 7.15. The first-order valence-electron chi connectivity index (χ1n) is 8.86. The van der Waals surface area contributed by atoms with Gasteiger partial charge in [-0.15, -0.1) is 0 Å². The Kier molecular flexibility index (Phi) is 4.53. The normalized spacial score (nSPS) is 10.9. The van der Waals surface area contributed by atoms with E-state index in [2.05, 4.69) is 10.3 Å². The van der Waals surface area contributed by atoms with E-state index < -0.39 is 5.97 Å². The molecule has 0 saturated carbocycles. The fourth-order valence-electron chi connectivity index (χ4n) is 3.29. The highest BCUT2D eigenvalue weighted by Gasteiger charge is 2.22. The summed E-state index contributed by atoms with van der Waals surface area (Å²) >= 11 is 0. The molecule has 4 aromatic rings. The third kappa shape index (κ3) is 3.20. The lowest BCUT2D eigenvalue weighted by Gasteiger charge is -2.08. The van der Waals surface area contributed by atoms with Crippen LogP contribution in [0.4, 0.5) is 0 Å². The molecule has 1 N–H and O–H groups in total. The number of fused-ring (bicyclic) bond motifs is 3. The van der Waals surface area contributed by atoms with E-state index in [1.165, 1.54) is 6.92 Å². The Morgan fingerprint density at radius 1 is 1.07 bits per heavy atom. The van der Waals surface area contributed by atoms with Crippen molar-refractivity contribution in [3.63, 3.8) is 0 Å². The number of carbonyl (C=O) groups excluding carboxylic acids is 2. The molecule has 0 unspecified atom stereocenters. The number of nitrogens with one attached hydrogen (secondary N) is 1. The fraction of sp³-hybridized carbons (Fsp3) is 0.136. The van der Waals surface area contributed by atoms with Crippen molar-refractivity contribution < 1.29 is 18.7 Å². The number of hydrogen-bond donors (Lipinski definition) is 1. The Labute approximate surface area is 161 Å². The SMILES string of the molecule is CC(=O)Oc1cc2c(C(=O)NCc3ccccn3)c(C)oc2c2ccccc12. The van der Waals surface area contributed by atoms with Gasteiger partial charge in [-0.3, -0.25) is 14.6 Å². The summed E-state index contributed by atoms with van der Waals surface area (Å²) in [5.41, 5.74) is 1.77. The number of hydrogen-bond acceptors (Lipinski definition) is 5. The first-order chi connectivity index (χ1) is 13.5. The summed E-state index contributed by atoms with van der Waals surface area (Å²) in [6.45, 7) is 3.40. The Morgan fingerprint density at radius 3 is 2.54 bits per heavy atom. The van der Waals surface area contributed by atoms with Crippen molar-refractivity contribution in [3.8, 4) is 5.75 Å². The van der Waals surface area contributed by atoms with E-state index in [1.54, 1.807) is 19.2 Å². The molecule has 6 heteroatoms. The summed E-state index contributed by atoms with van der Waals surface area (Å²) in [4.78, 5) is 28.6. The van der Waals surface area contributed by atoms with Crippen molar-refractivity contribution in [2.45, 2.75) is 20.4 Å². The van der Waals surface area contributed by atoms with Crippen LogP contribution >= 0.6 is 0 Å². The van der Waals surface area contributed by atoms with Gasteiger partial charge in [0.05, 0.1) is 17.8 Å². The zero-order valence-electron chi connectivity index (χ0n) is 15.5. The molecule has 140 valence electrons. The monoisotopic (exact) mass is 374 g/mol. The maximum Gasteiger partial charge on any atom is 0.308 e. The smallest absolute Gasteiger partial charge is 0.308 e. The lowest BCUT2D eigenvalue weighted by atomic mass is 10.0. The number of aromatic nitrogens is 1. The molecule has 2 aromatic heterocycles. The fourth-order valence-corrected chi connectivity index (χ4v) is 3.29. The van der Waals surface area contributed by atoms with E-state index in [-0.39, 0.29) is 5.91 Å². The molecule has 6 nitrogen and oxygen atoms in total. The molecule has 28 heavy (non-hydrogen) atoms. The van der Waals surface area contributed by atoms with Gasteiger partial charge in [-0.1, -0.05) is 30.3 Å². The molecule has 1 amide bonds. The summed E-state index contributed by atoms with van der Waals surface area (Å²) in [5.74, 6) is 0.200. The van der Waals surface area contributed by atoms with Gasteiger partial charge >= 0.3 is 5.97 Å². The molecule has 0 bridgehead atoms. The molecule has 0 atom stereocenters. The van der Waals surface area contributed by atoms with E-state index in [4.69, 9.17) is 9.15 Å². The largest absolute Gasteiger partial charge is 0.460 e. The van der Waals surface area contributed by atoms with E-state index in [0.717, 1.165) is 16.5 Å². The zero-order valence-corrected chi connectivity index (χ0v) is 15.5. The molecule has 0 fully saturated rings. The highest BCUT2D eigenvalue weighted by atomic mass is 16.5. The maximum absolute atomic E-state index is 12.9. The number of nitrogens with zero attached hydrogens (tertiary/aromatic N) is 1. The minimum absolute atomic E-state index is 0.272. The molecule has 0 radical (unpaired) electrons. The lowest BCUT2D eigenvalue weighted by molar-refractivity contribution is -0.131.